The van der Waals surface area contributed by atoms with E-state index in [2.05, 4.69) is 4.98 Å². The second kappa shape index (κ2) is 8.73. The Morgan fingerprint density at radius 2 is 1.93 bits per heavy atom. The summed E-state index contributed by atoms with van der Waals surface area (Å²) in [4.78, 5) is 41.1. The van der Waals surface area contributed by atoms with Gasteiger partial charge in [0.1, 0.15) is 5.82 Å². The Bertz CT molecular complexity index is 903. The summed E-state index contributed by atoms with van der Waals surface area (Å²) in [7, 11) is -3.24. The van der Waals surface area contributed by atoms with Gasteiger partial charge in [0.05, 0.1) is 17.4 Å². The Balaban J connectivity index is 2.48. The zero-order valence-electron chi connectivity index (χ0n) is 15.9. The molecule has 1 atom stereocenters. The van der Waals surface area contributed by atoms with Crippen molar-refractivity contribution in [2.45, 2.75) is 52.5 Å². The minimum Gasteiger partial charge on any atom is -0.383 e. The number of amides is 1. The molecule has 0 saturated carbocycles. The summed E-state index contributed by atoms with van der Waals surface area (Å²) in [6, 6.07) is 0. The highest BCUT2D eigenvalue weighted by molar-refractivity contribution is 7.91. The van der Waals surface area contributed by atoms with Gasteiger partial charge in [0.15, 0.2) is 15.5 Å². The molecule has 9 nitrogen and oxygen atoms in total. The molecule has 3 N–H and O–H groups in total. The summed E-state index contributed by atoms with van der Waals surface area (Å²) >= 11 is 0. The molecular weight excluding hydrogens is 372 g/mol. The molecule has 1 amide bonds. The summed E-state index contributed by atoms with van der Waals surface area (Å²) in [5.74, 6) is -1.43. The van der Waals surface area contributed by atoms with Gasteiger partial charge in [-0.2, -0.15) is 0 Å². The van der Waals surface area contributed by atoms with Crippen LogP contribution in [0.15, 0.2) is 9.59 Å². The van der Waals surface area contributed by atoms with Crippen molar-refractivity contribution in [2.24, 2.45) is 5.92 Å². The minimum absolute atomic E-state index is 0.0349. The van der Waals surface area contributed by atoms with Crippen molar-refractivity contribution in [1.82, 2.24) is 9.55 Å². The number of unbranched alkanes of at least 4 members (excludes halogenated alkanes) is 2. The first kappa shape index (κ1) is 21.2. The normalized spacial score (nSPS) is 18.5. The number of carbonyl (C=O) groups excluding carboxylic acids is 1. The van der Waals surface area contributed by atoms with Crippen molar-refractivity contribution in [1.29, 1.82) is 0 Å². The molecular formula is C17H28N4O5S. The molecule has 0 bridgehead atoms. The van der Waals surface area contributed by atoms with Crippen molar-refractivity contribution in [2.75, 3.05) is 28.7 Å². The van der Waals surface area contributed by atoms with E-state index in [0.29, 0.717) is 19.4 Å². The predicted molar refractivity (Wildman–Crippen MR) is 105 cm³/mol. The van der Waals surface area contributed by atoms with Gasteiger partial charge in [-0.3, -0.25) is 19.1 Å². The lowest BCUT2D eigenvalue weighted by Crippen LogP contribution is -2.44. The fraction of sp³-hybridized carbons (Fsp3) is 0.706. The number of sulfone groups is 1. The number of hydrogen-bond acceptors (Lipinski definition) is 6. The monoisotopic (exact) mass is 400 g/mol. The van der Waals surface area contributed by atoms with Gasteiger partial charge in [0.2, 0.25) is 5.91 Å². The maximum atomic E-state index is 13.0. The Kier molecular flexibility index (Phi) is 6.85. The molecule has 2 heterocycles. The van der Waals surface area contributed by atoms with E-state index in [4.69, 9.17) is 5.73 Å². The van der Waals surface area contributed by atoms with E-state index in [1.807, 2.05) is 13.8 Å². The maximum Gasteiger partial charge on any atom is 0.330 e. The van der Waals surface area contributed by atoms with E-state index in [1.54, 1.807) is 0 Å². The average Bonchev–Trinajstić information content (AvgIpc) is 2.96. The average molecular weight is 401 g/mol. The number of nitrogens with one attached hydrogen (secondary N) is 1. The lowest BCUT2D eigenvalue weighted by molar-refractivity contribution is -0.121. The quantitative estimate of drug-likeness (QED) is 0.652. The standard InChI is InChI=1S/C17H28N4O5S/c1-3-5-8-20(16(23)12-7-10-27(25,26)11-12)13-14(18)21(9-6-4-2)17(24)19-15(13)22/h12H,3-11,18H2,1-2H3,(H,19,22,24). The number of hydrogen-bond donors (Lipinski definition) is 2. The van der Waals surface area contributed by atoms with Crippen LogP contribution in [0.5, 0.6) is 0 Å². The Morgan fingerprint density at radius 1 is 1.26 bits per heavy atom. The van der Waals surface area contributed by atoms with Crippen LogP contribution in [0, 0.1) is 5.92 Å². The van der Waals surface area contributed by atoms with Crippen molar-refractivity contribution in [3.05, 3.63) is 20.8 Å². The van der Waals surface area contributed by atoms with Crippen LogP contribution in [0.4, 0.5) is 11.5 Å². The zero-order chi connectivity index (χ0) is 20.2. The van der Waals surface area contributed by atoms with E-state index in [9.17, 15) is 22.8 Å². The van der Waals surface area contributed by atoms with Crippen LogP contribution < -0.4 is 21.9 Å². The highest BCUT2D eigenvalue weighted by Crippen LogP contribution is 2.25. The third-order valence-electron chi connectivity index (χ3n) is 4.80. The molecule has 0 spiro atoms. The summed E-state index contributed by atoms with van der Waals surface area (Å²) in [6.07, 6.45) is 3.16. The van der Waals surface area contributed by atoms with Crippen LogP contribution in [-0.2, 0) is 21.2 Å². The number of aromatic nitrogens is 2. The Hall–Kier alpha value is -2.10. The summed E-state index contributed by atoms with van der Waals surface area (Å²) in [5, 5.41) is 0. The summed E-state index contributed by atoms with van der Waals surface area (Å²) in [6.45, 7) is 4.48. The number of aromatic amines is 1. The molecule has 0 aromatic carbocycles. The van der Waals surface area contributed by atoms with Gasteiger partial charge in [-0.15, -0.1) is 0 Å². The molecule has 152 valence electrons. The van der Waals surface area contributed by atoms with Crippen molar-refractivity contribution < 1.29 is 13.2 Å². The second-order valence-electron chi connectivity index (χ2n) is 6.94. The molecule has 0 radical (unpaired) electrons. The molecule has 2 rings (SSSR count). The van der Waals surface area contributed by atoms with Crippen LogP contribution in [0.2, 0.25) is 0 Å². The van der Waals surface area contributed by atoms with Crippen molar-refractivity contribution >= 4 is 27.2 Å². The third-order valence-corrected chi connectivity index (χ3v) is 6.57. The summed E-state index contributed by atoms with van der Waals surface area (Å²) < 4.78 is 24.8. The highest BCUT2D eigenvalue weighted by Gasteiger charge is 2.37. The molecule has 27 heavy (non-hydrogen) atoms. The van der Waals surface area contributed by atoms with Crippen molar-refractivity contribution in [3.63, 3.8) is 0 Å². The van der Waals surface area contributed by atoms with Gasteiger partial charge in [-0.05, 0) is 19.3 Å². The first-order valence-electron chi connectivity index (χ1n) is 9.36. The molecule has 10 heteroatoms. The Labute approximate surface area is 158 Å². The van der Waals surface area contributed by atoms with Gasteiger partial charge in [0.25, 0.3) is 5.56 Å². The van der Waals surface area contributed by atoms with Crippen LogP contribution in [-0.4, -0.2) is 41.9 Å². The first-order chi connectivity index (χ1) is 12.7. The number of anilines is 2. The zero-order valence-corrected chi connectivity index (χ0v) is 16.7. The minimum atomic E-state index is -3.24. The number of nitrogens with two attached hydrogens (primary N) is 1. The molecule has 1 unspecified atom stereocenters. The molecule has 0 aliphatic carbocycles. The topological polar surface area (TPSA) is 135 Å². The molecule has 1 aromatic rings. The molecule has 1 aromatic heterocycles. The van der Waals surface area contributed by atoms with E-state index in [1.165, 1.54) is 9.47 Å². The van der Waals surface area contributed by atoms with Crippen LogP contribution in [0.3, 0.4) is 0 Å². The third kappa shape index (κ3) is 4.79. The molecule has 1 aliphatic heterocycles. The largest absolute Gasteiger partial charge is 0.383 e. The van der Waals surface area contributed by atoms with Gasteiger partial charge >= 0.3 is 5.69 Å². The van der Waals surface area contributed by atoms with Gasteiger partial charge in [-0.1, -0.05) is 26.7 Å². The van der Waals surface area contributed by atoms with Crippen LogP contribution in [0.1, 0.15) is 46.0 Å². The lowest BCUT2D eigenvalue weighted by atomic mass is 10.1. The van der Waals surface area contributed by atoms with E-state index in [-0.39, 0.29) is 36.0 Å². The van der Waals surface area contributed by atoms with E-state index in [0.717, 1.165) is 12.8 Å². The lowest BCUT2D eigenvalue weighted by Gasteiger charge is -2.26. The van der Waals surface area contributed by atoms with Crippen LogP contribution in [0.25, 0.3) is 0 Å². The second-order valence-corrected chi connectivity index (χ2v) is 9.17. The van der Waals surface area contributed by atoms with E-state index < -0.39 is 32.9 Å². The fourth-order valence-electron chi connectivity index (χ4n) is 3.24. The number of rotatable bonds is 8. The number of carbonyl (C=O) groups is 1. The number of H-pyrrole nitrogens is 1. The number of nitrogens with zero attached hydrogens (tertiary/aromatic N) is 2. The van der Waals surface area contributed by atoms with Gasteiger partial charge < -0.3 is 10.6 Å². The SMILES string of the molecule is CCCCN(C(=O)C1CCS(=O)(=O)C1)c1c(N)n(CCCC)c(=O)[nH]c1=O. The summed E-state index contributed by atoms with van der Waals surface area (Å²) in [5.41, 5.74) is 4.72. The van der Waals surface area contributed by atoms with Crippen LogP contribution >= 0.6 is 0 Å². The highest BCUT2D eigenvalue weighted by atomic mass is 32.2. The molecule has 1 saturated heterocycles. The fourth-order valence-corrected chi connectivity index (χ4v) is 4.97. The molecule has 1 aliphatic rings. The molecule has 1 fully saturated rings. The van der Waals surface area contributed by atoms with Crippen molar-refractivity contribution in [3.8, 4) is 0 Å². The van der Waals surface area contributed by atoms with Gasteiger partial charge in [-0.25, -0.2) is 13.2 Å². The number of nitrogen functional groups attached to an aromatic ring is 1. The smallest absolute Gasteiger partial charge is 0.330 e. The van der Waals surface area contributed by atoms with Gasteiger partial charge in [0, 0.05) is 13.1 Å². The van der Waals surface area contributed by atoms with E-state index >= 15 is 0 Å². The maximum absolute atomic E-state index is 13.0. The first-order valence-corrected chi connectivity index (χ1v) is 11.2. The Morgan fingerprint density at radius 3 is 2.48 bits per heavy atom. The predicted octanol–water partition coefficient (Wildman–Crippen LogP) is 0.487.